The summed E-state index contributed by atoms with van der Waals surface area (Å²) in [5.74, 6) is 1.31. The Morgan fingerprint density at radius 2 is 1.71 bits per heavy atom. The average Bonchev–Trinajstić information content (AvgIpc) is 3.36. The number of hydrogen-bond acceptors (Lipinski definition) is 3. The molecule has 0 radical (unpaired) electrons. The molecule has 34 heavy (non-hydrogen) atoms. The van der Waals surface area contributed by atoms with Gasteiger partial charge in [-0.1, -0.05) is 63.3 Å². The van der Waals surface area contributed by atoms with Crippen molar-refractivity contribution in [2.45, 2.75) is 46.1 Å². The van der Waals surface area contributed by atoms with Crippen molar-refractivity contribution in [3.63, 3.8) is 0 Å². The second-order valence-electron chi connectivity index (χ2n) is 10.5. The van der Waals surface area contributed by atoms with Crippen molar-refractivity contribution in [2.24, 2.45) is 5.92 Å². The third kappa shape index (κ3) is 3.42. The van der Waals surface area contributed by atoms with Gasteiger partial charge in [-0.2, -0.15) is 0 Å². The molecule has 4 aromatic rings. The van der Waals surface area contributed by atoms with Crippen molar-refractivity contribution in [3.8, 4) is 11.3 Å². The van der Waals surface area contributed by atoms with Gasteiger partial charge in [0.15, 0.2) is 0 Å². The summed E-state index contributed by atoms with van der Waals surface area (Å²) in [6.45, 7) is 11.2. The Labute approximate surface area is 205 Å². The van der Waals surface area contributed by atoms with E-state index in [2.05, 4.69) is 107 Å². The molecule has 1 aliphatic carbocycles. The van der Waals surface area contributed by atoms with Crippen LogP contribution in [0.3, 0.4) is 0 Å². The predicted molar refractivity (Wildman–Crippen MR) is 145 cm³/mol. The first-order valence-corrected chi connectivity index (χ1v) is 12.8. The van der Waals surface area contributed by atoms with Crippen molar-refractivity contribution in [1.82, 2.24) is 4.98 Å². The molecule has 0 amide bonds. The molecule has 0 N–H and O–H groups in total. The normalized spacial score (nSPS) is 19.8. The van der Waals surface area contributed by atoms with E-state index in [1.54, 1.807) is 11.3 Å². The smallest absolute Gasteiger partial charge is 0.127 e. The van der Waals surface area contributed by atoms with Gasteiger partial charge < -0.3 is 4.74 Å². The number of benzene rings is 2. The van der Waals surface area contributed by atoms with Gasteiger partial charge in [-0.05, 0) is 71.5 Å². The molecule has 2 aromatic carbocycles. The van der Waals surface area contributed by atoms with E-state index in [1.807, 2.05) is 0 Å². The highest BCUT2D eigenvalue weighted by molar-refractivity contribution is 7.18. The van der Waals surface area contributed by atoms with Crippen LogP contribution in [0.5, 0.6) is 0 Å². The van der Waals surface area contributed by atoms with Crippen LogP contribution in [-0.2, 0) is 10.2 Å². The summed E-state index contributed by atoms with van der Waals surface area (Å²) in [5, 5.41) is 3.75. The lowest BCUT2D eigenvalue weighted by Crippen LogP contribution is -2.15. The summed E-state index contributed by atoms with van der Waals surface area (Å²) in [4.78, 5) is 7.49. The lowest BCUT2D eigenvalue weighted by Gasteiger charge is -2.23. The maximum atomic E-state index is 6.54. The molecule has 2 aromatic heterocycles. The maximum Gasteiger partial charge on any atom is 0.127 e. The van der Waals surface area contributed by atoms with E-state index in [-0.39, 0.29) is 11.5 Å². The highest BCUT2D eigenvalue weighted by Crippen LogP contribution is 2.44. The number of rotatable bonds is 2. The zero-order chi connectivity index (χ0) is 23.6. The number of aromatic nitrogens is 1. The molecule has 2 atom stereocenters. The fraction of sp³-hybridized carbons (Fsp3) is 0.258. The minimum atomic E-state index is 0.0319. The molecular formula is C31H29NOS. The number of pyridine rings is 1. The van der Waals surface area contributed by atoms with Crippen molar-refractivity contribution < 1.29 is 4.74 Å². The van der Waals surface area contributed by atoms with E-state index in [0.717, 1.165) is 27.4 Å². The quantitative estimate of drug-likeness (QED) is 0.297. The van der Waals surface area contributed by atoms with E-state index in [4.69, 9.17) is 9.72 Å². The number of nitrogens with zero attached hydrogens (tertiary/aromatic N) is 1. The largest absolute Gasteiger partial charge is 0.485 e. The zero-order valence-corrected chi connectivity index (χ0v) is 21.2. The van der Waals surface area contributed by atoms with Gasteiger partial charge in [-0.15, -0.1) is 11.3 Å². The first-order chi connectivity index (χ1) is 16.3. The van der Waals surface area contributed by atoms with Gasteiger partial charge >= 0.3 is 0 Å². The third-order valence-electron chi connectivity index (χ3n) is 7.04. The SMILES string of the molecule is CC1=C(c2cc(-c3cc(C(C)(C)C)c4ccccc4c3)nc3sc(C)cc23)OC2C=CC=CC12. The molecule has 2 aliphatic rings. The maximum absolute atomic E-state index is 6.54. The molecule has 170 valence electrons. The van der Waals surface area contributed by atoms with E-state index in [9.17, 15) is 0 Å². The van der Waals surface area contributed by atoms with E-state index in [1.165, 1.54) is 32.2 Å². The van der Waals surface area contributed by atoms with Crippen LogP contribution in [0.4, 0.5) is 0 Å². The molecule has 0 fully saturated rings. The topological polar surface area (TPSA) is 22.1 Å². The van der Waals surface area contributed by atoms with Crippen LogP contribution in [0, 0.1) is 12.8 Å². The van der Waals surface area contributed by atoms with E-state index < -0.39 is 0 Å². The highest BCUT2D eigenvalue weighted by Gasteiger charge is 2.33. The minimum Gasteiger partial charge on any atom is -0.485 e. The number of aryl methyl sites for hydroxylation is 1. The Hall–Kier alpha value is -3.17. The monoisotopic (exact) mass is 463 g/mol. The fourth-order valence-corrected chi connectivity index (χ4v) is 6.20. The second-order valence-corrected chi connectivity index (χ2v) is 11.8. The molecule has 3 heteroatoms. The molecule has 0 saturated carbocycles. The van der Waals surface area contributed by atoms with Crippen LogP contribution < -0.4 is 0 Å². The Kier molecular flexibility index (Phi) is 4.82. The number of ether oxygens (including phenoxy) is 1. The first kappa shape index (κ1) is 21.4. The van der Waals surface area contributed by atoms with Crippen LogP contribution in [-0.4, -0.2) is 11.1 Å². The molecule has 2 nitrogen and oxygen atoms in total. The molecule has 6 rings (SSSR count). The molecule has 0 spiro atoms. The number of thiophene rings is 1. The van der Waals surface area contributed by atoms with Crippen LogP contribution in [0.15, 0.2) is 78.4 Å². The van der Waals surface area contributed by atoms with Crippen molar-refractivity contribution in [3.05, 3.63) is 94.4 Å². The van der Waals surface area contributed by atoms with Gasteiger partial charge in [0.1, 0.15) is 16.7 Å². The summed E-state index contributed by atoms with van der Waals surface area (Å²) >= 11 is 1.76. The van der Waals surface area contributed by atoms with E-state index >= 15 is 0 Å². The molecule has 3 heterocycles. The summed E-state index contributed by atoms with van der Waals surface area (Å²) in [6, 6.07) is 17.8. The van der Waals surface area contributed by atoms with E-state index in [0.29, 0.717) is 5.92 Å². The third-order valence-corrected chi connectivity index (χ3v) is 7.98. The molecule has 2 unspecified atom stereocenters. The highest BCUT2D eigenvalue weighted by atomic mass is 32.1. The predicted octanol–water partition coefficient (Wildman–Crippen LogP) is 8.59. The summed E-state index contributed by atoms with van der Waals surface area (Å²) < 4.78 is 6.54. The van der Waals surface area contributed by atoms with Crippen LogP contribution in [0.2, 0.25) is 0 Å². The number of hydrogen-bond donors (Lipinski definition) is 0. The molecule has 0 bridgehead atoms. The van der Waals surface area contributed by atoms with Gasteiger partial charge in [-0.3, -0.25) is 0 Å². The van der Waals surface area contributed by atoms with Crippen molar-refractivity contribution in [2.75, 3.05) is 0 Å². The Balaban J connectivity index is 1.59. The standard InChI is InChI=1S/C31H29NOS/c1-18-14-25-24(29-19(2)22-11-8-9-13-28(22)33-29)17-27(32-30(25)34-18)21-15-20-10-6-7-12-23(20)26(16-21)31(3,4)5/h6-17,22,28H,1-5H3. The Bertz CT molecular complexity index is 1540. The molecule has 0 saturated heterocycles. The Morgan fingerprint density at radius 1 is 0.912 bits per heavy atom. The zero-order valence-electron chi connectivity index (χ0n) is 20.3. The van der Waals surface area contributed by atoms with Gasteiger partial charge in [-0.25, -0.2) is 4.98 Å². The summed E-state index contributed by atoms with van der Waals surface area (Å²) in [5.41, 5.74) is 5.99. The summed E-state index contributed by atoms with van der Waals surface area (Å²) in [6.07, 6.45) is 8.72. The van der Waals surface area contributed by atoms with Gasteiger partial charge in [0.2, 0.25) is 0 Å². The van der Waals surface area contributed by atoms with Crippen LogP contribution in [0.25, 0.3) is 38.0 Å². The number of fused-ring (bicyclic) bond motifs is 3. The minimum absolute atomic E-state index is 0.0319. The van der Waals surface area contributed by atoms with Crippen molar-refractivity contribution in [1.29, 1.82) is 0 Å². The average molecular weight is 464 g/mol. The molecular weight excluding hydrogens is 434 g/mol. The lowest BCUT2D eigenvalue weighted by atomic mass is 9.82. The van der Waals surface area contributed by atoms with Gasteiger partial charge in [0.25, 0.3) is 0 Å². The van der Waals surface area contributed by atoms with Crippen LogP contribution >= 0.6 is 11.3 Å². The number of allylic oxidation sites excluding steroid dienone is 2. The fourth-order valence-electron chi connectivity index (χ4n) is 5.30. The molecule has 1 aliphatic heterocycles. The first-order valence-electron chi connectivity index (χ1n) is 12.0. The van der Waals surface area contributed by atoms with Gasteiger partial charge in [0, 0.05) is 27.3 Å². The van der Waals surface area contributed by atoms with Crippen molar-refractivity contribution >= 4 is 38.1 Å². The Morgan fingerprint density at radius 3 is 2.50 bits per heavy atom. The summed E-state index contributed by atoms with van der Waals surface area (Å²) in [7, 11) is 0. The lowest BCUT2D eigenvalue weighted by molar-refractivity contribution is 0.212. The van der Waals surface area contributed by atoms with Crippen LogP contribution in [0.1, 0.15) is 43.7 Å². The van der Waals surface area contributed by atoms with Gasteiger partial charge in [0.05, 0.1) is 5.69 Å². The second kappa shape index (κ2) is 7.68.